The van der Waals surface area contributed by atoms with E-state index >= 15 is 0 Å². The van der Waals surface area contributed by atoms with Crippen molar-refractivity contribution in [1.82, 2.24) is 4.90 Å². The molecule has 158 valence electrons. The molecule has 2 aliphatic heterocycles. The number of benzene rings is 2. The van der Waals surface area contributed by atoms with Crippen LogP contribution < -0.4 is 0 Å². The Balaban J connectivity index is 1.59. The second kappa shape index (κ2) is 7.67. The summed E-state index contributed by atoms with van der Waals surface area (Å²) in [7, 11) is 0. The van der Waals surface area contributed by atoms with Crippen LogP contribution in [0, 0.1) is 5.82 Å². The molecule has 2 unspecified atom stereocenters. The average molecular weight is 421 g/mol. The van der Waals surface area contributed by atoms with Crippen molar-refractivity contribution in [2.75, 3.05) is 13.2 Å². The Hall–Kier alpha value is -3.45. The van der Waals surface area contributed by atoms with Crippen molar-refractivity contribution in [1.29, 1.82) is 0 Å². The number of rotatable bonds is 5. The highest BCUT2D eigenvalue weighted by atomic mass is 19.1. The number of nitrogens with zero attached hydrogens (tertiary/aromatic N) is 1. The van der Waals surface area contributed by atoms with Gasteiger partial charge in [-0.05, 0) is 31.0 Å². The van der Waals surface area contributed by atoms with E-state index in [4.69, 9.17) is 9.15 Å². The summed E-state index contributed by atoms with van der Waals surface area (Å²) in [5.74, 6) is -2.64. The van der Waals surface area contributed by atoms with Crippen molar-refractivity contribution in [3.63, 3.8) is 0 Å². The molecular formula is C24H20FNO5. The summed E-state index contributed by atoms with van der Waals surface area (Å²) in [6, 6.07) is 13.5. The second-order valence-electron chi connectivity index (χ2n) is 7.76. The number of furan rings is 1. The molecule has 2 atom stereocenters. The van der Waals surface area contributed by atoms with Gasteiger partial charge < -0.3 is 19.2 Å². The number of amides is 1. The van der Waals surface area contributed by atoms with Gasteiger partial charge in [0.2, 0.25) is 5.78 Å². The van der Waals surface area contributed by atoms with Crippen LogP contribution in [0.25, 0.3) is 11.0 Å². The van der Waals surface area contributed by atoms with Crippen LogP contribution in [-0.2, 0) is 9.53 Å². The van der Waals surface area contributed by atoms with Crippen LogP contribution in [0.15, 0.2) is 70.3 Å². The fourth-order valence-corrected chi connectivity index (χ4v) is 4.33. The van der Waals surface area contributed by atoms with Gasteiger partial charge in [-0.2, -0.15) is 0 Å². The van der Waals surface area contributed by atoms with Gasteiger partial charge in [-0.25, -0.2) is 4.39 Å². The fraction of sp³-hybridized carbons (Fsp3) is 0.250. The van der Waals surface area contributed by atoms with Crippen LogP contribution in [0.5, 0.6) is 0 Å². The number of para-hydroxylation sites is 1. The van der Waals surface area contributed by atoms with Crippen molar-refractivity contribution in [3.05, 3.63) is 83.1 Å². The van der Waals surface area contributed by atoms with Crippen molar-refractivity contribution in [2.24, 2.45) is 0 Å². The third kappa shape index (κ3) is 3.31. The van der Waals surface area contributed by atoms with Crippen LogP contribution in [0.3, 0.4) is 0 Å². The summed E-state index contributed by atoms with van der Waals surface area (Å²) >= 11 is 0. The van der Waals surface area contributed by atoms with Crippen LogP contribution in [0.1, 0.15) is 35.0 Å². The fourth-order valence-electron chi connectivity index (χ4n) is 4.33. The molecule has 31 heavy (non-hydrogen) atoms. The van der Waals surface area contributed by atoms with Gasteiger partial charge in [0.15, 0.2) is 11.5 Å². The molecule has 1 amide bonds. The minimum absolute atomic E-state index is 0.0177. The lowest BCUT2D eigenvalue weighted by Crippen LogP contribution is -2.37. The number of Topliss-reactive ketones (excluding diaryl/α,β-unsaturated/α-hetero) is 1. The highest BCUT2D eigenvalue weighted by Gasteiger charge is 2.46. The average Bonchev–Trinajstić information content (AvgIpc) is 3.49. The predicted molar refractivity (Wildman–Crippen MR) is 110 cm³/mol. The van der Waals surface area contributed by atoms with Crippen LogP contribution in [-0.4, -0.2) is 41.0 Å². The number of ether oxygens (including phenoxy) is 1. The van der Waals surface area contributed by atoms with Crippen LogP contribution in [0.2, 0.25) is 0 Å². The molecule has 7 heteroatoms. The Morgan fingerprint density at radius 1 is 1.16 bits per heavy atom. The van der Waals surface area contributed by atoms with Crippen molar-refractivity contribution in [3.8, 4) is 0 Å². The molecule has 1 aromatic heterocycles. The number of carbonyl (C=O) groups excluding carboxylic acids is 2. The normalized spacial score (nSPS) is 21.5. The maximum Gasteiger partial charge on any atom is 0.290 e. The molecule has 0 aliphatic carbocycles. The van der Waals surface area contributed by atoms with Crippen LogP contribution >= 0.6 is 0 Å². The molecule has 2 aliphatic rings. The first-order valence-electron chi connectivity index (χ1n) is 10.2. The quantitative estimate of drug-likeness (QED) is 0.621. The van der Waals surface area contributed by atoms with E-state index in [0.29, 0.717) is 17.6 Å². The Bertz CT molecular complexity index is 1170. The predicted octanol–water partition coefficient (Wildman–Crippen LogP) is 4.33. The van der Waals surface area contributed by atoms with E-state index in [1.54, 1.807) is 30.3 Å². The largest absolute Gasteiger partial charge is 0.503 e. The number of ketones is 1. The maximum absolute atomic E-state index is 14.8. The van der Waals surface area contributed by atoms with Crippen LogP contribution in [0.4, 0.5) is 4.39 Å². The van der Waals surface area contributed by atoms with E-state index in [0.717, 1.165) is 12.8 Å². The Morgan fingerprint density at radius 2 is 1.94 bits per heavy atom. The number of aliphatic hydroxyl groups is 1. The molecule has 0 bridgehead atoms. The molecule has 1 fully saturated rings. The third-order valence-corrected chi connectivity index (χ3v) is 5.82. The van der Waals surface area contributed by atoms with Gasteiger partial charge >= 0.3 is 0 Å². The summed E-state index contributed by atoms with van der Waals surface area (Å²) in [5.41, 5.74) is 0.457. The van der Waals surface area contributed by atoms with E-state index in [1.165, 1.54) is 23.1 Å². The minimum Gasteiger partial charge on any atom is -0.503 e. The Kier molecular flexibility index (Phi) is 4.82. The zero-order valence-corrected chi connectivity index (χ0v) is 16.6. The third-order valence-electron chi connectivity index (χ3n) is 5.82. The highest BCUT2D eigenvalue weighted by Crippen LogP contribution is 2.41. The van der Waals surface area contributed by atoms with E-state index in [2.05, 4.69) is 0 Å². The molecule has 3 heterocycles. The topological polar surface area (TPSA) is 80.0 Å². The zero-order chi connectivity index (χ0) is 21.5. The van der Waals surface area contributed by atoms with Gasteiger partial charge in [0.05, 0.1) is 17.7 Å². The summed E-state index contributed by atoms with van der Waals surface area (Å²) in [5, 5.41) is 11.4. The van der Waals surface area contributed by atoms with Gasteiger partial charge in [-0.15, -0.1) is 0 Å². The summed E-state index contributed by atoms with van der Waals surface area (Å²) < 4.78 is 26.1. The molecule has 0 radical (unpaired) electrons. The van der Waals surface area contributed by atoms with Crippen molar-refractivity contribution in [2.45, 2.75) is 25.0 Å². The lowest BCUT2D eigenvalue weighted by molar-refractivity contribution is -0.131. The Morgan fingerprint density at radius 3 is 2.68 bits per heavy atom. The minimum atomic E-state index is -1.07. The number of halogens is 1. The van der Waals surface area contributed by atoms with E-state index in [1.807, 2.05) is 6.07 Å². The van der Waals surface area contributed by atoms with Gasteiger partial charge in [0, 0.05) is 24.1 Å². The number of aliphatic hydroxyl groups excluding tert-OH is 1. The second-order valence-corrected chi connectivity index (χ2v) is 7.76. The van der Waals surface area contributed by atoms with Crippen molar-refractivity contribution >= 4 is 22.7 Å². The molecule has 5 rings (SSSR count). The molecule has 6 nitrogen and oxygen atoms in total. The summed E-state index contributed by atoms with van der Waals surface area (Å²) in [6.45, 7) is 0.736. The molecule has 1 N–H and O–H groups in total. The lowest BCUT2D eigenvalue weighted by Gasteiger charge is -2.29. The Labute approximate surface area is 177 Å². The molecule has 2 aromatic carbocycles. The van der Waals surface area contributed by atoms with E-state index in [9.17, 15) is 19.1 Å². The number of hydrogen-bond donors (Lipinski definition) is 1. The number of carbonyl (C=O) groups is 2. The monoisotopic (exact) mass is 421 g/mol. The van der Waals surface area contributed by atoms with E-state index in [-0.39, 0.29) is 29.5 Å². The van der Waals surface area contributed by atoms with Gasteiger partial charge in [-0.3, -0.25) is 9.59 Å². The SMILES string of the molecule is O=C(C1=C(O)C(=O)N(CC2CCCO2)C1c1ccccc1F)c1cc2ccccc2o1. The molecule has 3 aromatic rings. The number of fused-ring (bicyclic) bond motifs is 1. The first-order chi connectivity index (χ1) is 15.0. The lowest BCUT2D eigenvalue weighted by atomic mass is 9.94. The molecule has 0 saturated carbocycles. The van der Waals surface area contributed by atoms with Gasteiger partial charge in [-0.1, -0.05) is 36.4 Å². The summed E-state index contributed by atoms with van der Waals surface area (Å²) in [6.07, 6.45) is 1.38. The first-order valence-corrected chi connectivity index (χ1v) is 10.2. The molecule has 1 saturated heterocycles. The number of hydrogen-bond acceptors (Lipinski definition) is 5. The zero-order valence-electron chi connectivity index (χ0n) is 16.6. The maximum atomic E-state index is 14.8. The summed E-state index contributed by atoms with van der Waals surface area (Å²) in [4.78, 5) is 27.7. The van der Waals surface area contributed by atoms with Gasteiger partial charge in [0.25, 0.3) is 5.91 Å². The first kappa shape index (κ1) is 19.5. The molecular weight excluding hydrogens is 401 g/mol. The smallest absolute Gasteiger partial charge is 0.290 e. The van der Waals surface area contributed by atoms with E-state index < -0.39 is 29.3 Å². The highest BCUT2D eigenvalue weighted by molar-refractivity contribution is 6.16. The molecule has 0 spiro atoms. The van der Waals surface area contributed by atoms with Crippen molar-refractivity contribution < 1.29 is 28.2 Å². The van der Waals surface area contributed by atoms with Gasteiger partial charge in [0.1, 0.15) is 11.4 Å². The standard InChI is InChI=1S/C24H20FNO5/c25-17-9-3-2-8-16(17)21-20(22(27)19-12-14-6-1-4-10-18(14)31-19)23(28)24(29)26(21)13-15-7-5-11-30-15/h1-4,6,8-10,12,15,21,28H,5,7,11,13H2.